The van der Waals surface area contributed by atoms with Crippen LogP contribution >= 0.6 is 0 Å². The molecule has 0 saturated heterocycles. The van der Waals surface area contributed by atoms with Gasteiger partial charge >= 0.3 is 0 Å². The third-order valence-corrected chi connectivity index (χ3v) is 3.34. The molecule has 4 nitrogen and oxygen atoms in total. The van der Waals surface area contributed by atoms with E-state index in [1.54, 1.807) is 0 Å². The lowest BCUT2D eigenvalue weighted by molar-refractivity contribution is 0.579. The van der Waals surface area contributed by atoms with Crippen molar-refractivity contribution in [1.29, 1.82) is 0 Å². The molecule has 0 aromatic carbocycles. The molecule has 5 heteroatoms. The first kappa shape index (κ1) is 14.4. The predicted molar refractivity (Wildman–Crippen MR) is 71.4 cm³/mol. The van der Waals surface area contributed by atoms with Gasteiger partial charge in [-0.25, -0.2) is 13.1 Å². The van der Waals surface area contributed by atoms with Crippen molar-refractivity contribution >= 4 is 10.0 Å². The molecule has 0 atom stereocenters. The topological polar surface area (TPSA) is 58.2 Å². The average molecular weight is 258 g/mol. The summed E-state index contributed by atoms with van der Waals surface area (Å²) >= 11 is 0. The Morgan fingerprint density at radius 1 is 1.24 bits per heavy atom. The molecule has 0 bridgehead atoms. The minimum absolute atomic E-state index is 0.463. The summed E-state index contributed by atoms with van der Waals surface area (Å²) in [7, 11) is -3.04. The Kier molecular flexibility index (Phi) is 6.47. The highest BCUT2D eigenvalue weighted by Gasteiger charge is 2.00. The van der Waals surface area contributed by atoms with Gasteiger partial charge in [-0.15, -0.1) is 0 Å². The van der Waals surface area contributed by atoms with Crippen LogP contribution in [0, 0.1) is 0 Å². The Bertz CT molecular complexity index is 372. The third kappa shape index (κ3) is 8.12. The van der Waals surface area contributed by atoms with Crippen LogP contribution in [-0.4, -0.2) is 34.3 Å². The van der Waals surface area contributed by atoms with Gasteiger partial charge in [0.25, 0.3) is 0 Å². The largest absolute Gasteiger partial charge is 0.315 e. The van der Waals surface area contributed by atoms with Crippen molar-refractivity contribution in [2.24, 2.45) is 0 Å². The van der Waals surface area contributed by atoms with Crippen LogP contribution in [0.1, 0.15) is 25.7 Å². The summed E-state index contributed by atoms with van der Waals surface area (Å²) in [6.45, 7) is 2.09. The van der Waals surface area contributed by atoms with Crippen molar-refractivity contribution < 1.29 is 8.42 Å². The second-order valence-electron chi connectivity index (χ2n) is 4.29. The molecule has 0 aromatic heterocycles. The van der Waals surface area contributed by atoms with Crippen LogP contribution < -0.4 is 10.0 Å². The second-order valence-corrected chi connectivity index (χ2v) is 6.13. The third-order valence-electron chi connectivity index (χ3n) is 2.61. The van der Waals surface area contributed by atoms with Crippen LogP contribution in [0.5, 0.6) is 0 Å². The van der Waals surface area contributed by atoms with E-state index >= 15 is 0 Å². The smallest absolute Gasteiger partial charge is 0.208 e. The number of allylic oxidation sites excluding steroid dienone is 4. The molecule has 0 amide bonds. The van der Waals surface area contributed by atoms with Crippen LogP contribution in [0.15, 0.2) is 23.8 Å². The lowest BCUT2D eigenvalue weighted by Crippen LogP contribution is -2.31. The van der Waals surface area contributed by atoms with Gasteiger partial charge in [-0.1, -0.05) is 23.8 Å². The van der Waals surface area contributed by atoms with E-state index in [4.69, 9.17) is 0 Å². The Labute approximate surface area is 104 Å². The first-order valence-electron chi connectivity index (χ1n) is 6.06. The fraction of sp³-hybridized carbons (Fsp3) is 0.667. The number of hydrogen-bond acceptors (Lipinski definition) is 3. The van der Waals surface area contributed by atoms with Crippen molar-refractivity contribution in [3.8, 4) is 0 Å². The Morgan fingerprint density at radius 2 is 2.06 bits per heavy atom. The maximum Gasteiger partial charge on any atom is 0.208 e. The zero-order chi connectivity index (χ0) is 12.6. The maximum absolute atomic E-state index is 10.8. The van der Waals surface area contributed by atoms with Gasteiger partial charge in [0.15, 0.2) is 0 Å². The molecule has 17 heavy (non-hydrogen) atoms. The Hall–Kier alpha value is -0.650. The molecule has 0 unspecified atom stereocenters. The molecule has 1 rings (SSSR count). The fourth-order valence-corrected chi connectivity index (χ4v) is 2.22. The average Bonchev–Trinajstić information content (AvgIpc) is 2.28. The summed E-state index contributed by atoms with van der Waals surface area (Å²) in [6.07, 6.45) is 12.3. The summed E-state index contributed by atoms with van der Waals surface area (Å²) in [5.41, 5.74) is 1.52. The van der Waals surface area contributed by atoms with Gasteiger partial charge in [-0.2, -0.15) is 0 Å². The predicted octanol–water partition coefficient (Wildman–Crippen LogP) is 1.18. The van der Waals surface area contributed by atoms with Gasteiger partial charge in [0.1, 0.15) is 0 Å². The molecule has 1 aliphatic carbocycles. The van der Waals surface area contributed by atoms with E-state index < -0.39 is 10.0 Å². The molecule has 1 aliphatic rings. The van der Waals surface area contributed by atoms with Gasteiger partial charge in [-0.05, 0) is 32.2 Å². The van der Waals surface area contributed by atoms with Crippen molar-refractivity contribution in [3.05, 3.63) is 23.8 Å². The normalized spacial score (nSPS) is 15.9. The minimum atomic E-state index is -3.04. The SMILES string of the molecule is CS(=O)(=O)NCCNCCCC1=CCC=CC1. The van der Waals surface area contributed by atoms with E-state index in [1.807, 2.05) is 0 Å². The lowest BCUT2D eigenvalue weighted by Gasteiger charge is -2.09. The molecule has 0 aromatic rings. The fourth-order valence-electron chi connectivity index (χ4n) is 1.74. The van der Waals surface area contributed by atoms with E-state index in [2.05, 4.69) is 28.3 Å². The van der Waals surface area contributed by atoms with Crippen LogP contribution in [0.3, 0.4) is 0 Å². The van der Waals surface area contributed by atoms with Crippen molar-refractivity contribution in [3.63, 3.8) is 0 Å². The first-order chi connectivity index (χ1) is 8.08. The van der Waals surface area contributed by atoms with E-state index in [-0.39, 0.29) is 0 Å². The minimum Gasteiger partial charge on any atom is -0.315 e. The zero-order valence-corrected chi connectivity index (χ0v) is 11.2. The molecular weight excluding hydrogens is 236 g/mol. The second kappa shape index (κ2) is 7.63. The molecule has 2 N–H and O–H groups in total. The van der Waals surface area contributed by atoms with Crippen molar-refractivity contribution in [2.45, 2.75) is 25.7 Å². The number of nitrogens with one attached hydrogen (secondary N) is 2. The zero-order valence-electron chi connectivity index (χ0n) is 10.4. The molecule has 0 heterocycles. The summed E-state index contributed by atoms with van der Waals surface area (Å²) in [5, 5.41) is 3.23. The van der Waals surface area contributed by atoms with E-state index in [0.717, 1.165) is 32.2 Å². The summed E-state index contributed by atoms with van der Waals surface area (Å²) in [4.78, 5) is 0. The highest BCUT2D eigenvalue weighted by molar-refractivity contribution is 7.88. The van der Waals surface area contributed by atoms with Crippen LogP contribution in [0.4, 0.5) is 0 Å². The van der Waals surface area contributed by atoms with Gasteiger partial charge in [-0.3, -0.25) is 0 Å². The summed E-state index contributed by atoms with van der Waals surface area (Å²) in [5.74, 6) is 0. The van der Waals surface area contributed by atoms with Crippen LogP contribution in [0.25, 0.3) is 0 Å². The van der Waals surface area contributed by atoms with Crippen molar-refractivity contribution in [1.82, 2.24) is 10.0 Å². The molecule has 0 saturated carbocycles. The van der Waals surface area contributed by atoms with Crippen LogP contribution in [-0.2, 0) is 10.0 Å². The van der Waals surface area contributed by atoms with Gasteiger partial charge in [0, 0.05) is 13.1 Å². The molecule has 98 valence electrons. The number of sulfonamides is 1. The number of rotatable bonds is 8. The molecule has 0 aliphatic heterocycles. The van der Waals surface area contributed by atoms with Gasteiger partial charge < -0.3 is 5.32 Å². The highest BCUT2D eigenvalue weighted by Crippen LogP contribution is 2.15. The highest BCUT2D eigenvalue weighted by atomic mass is 32.2. The van der Waals surface area contributed by atoms with Crippen LogP contribution in [0.2, 0.25) is 0 Å². The van der Waals surface area contributed by atoms with Crippen molar-refractivity contribution in [2.75, 3.05) is 25.9 Å². The summed E-state index contributed by atoms with van der Waals surface area (Å²) in [6, 6.07) is 0. The lowest BCUT2D eigenvalue weighted by atomic mass is 10.0. The Morgan fingerprint density at radius 3 is 2.71 bits per heavy atom. The van der Waals surface area contributed by atoms with Gasteiger partial charge in [0.2, 0.25) is 10.0 Å². The van der Waals surface area contributed by atoms with E-state index in [1.165, 1.54) is 11.8 Å². The maximum atomic E-state index is 10.8. The monoisotopic (exact) mass is 258 g/mol. The van der Waals surface area contributed by atoms with E-state index in [0.29, 0.717) is 13.1 Å². The molecule has 0 radical (unpaired) electrons. The summed E-state index contributed by atoms with van der Waals surface area (Å²) < 4.78 is 24.0. The van der Waals surface area contributed by atoms with Gasteiger partial charge in [0.05, 0.1) is 6.26 Å². The standard InChI is InChI=1S/C12H22N2O2S/c1-17(15,16)14-11-10-13-9-5-8-12-6-3-2-4-7-12/h2-3,7,13-14H,4-6,8-11H2,1H3. The molecular formula is C12H22N2O2S. The number of hydrogen-bond donors (Lipinski definition) is 2. The Balaban J connectivity index is 1.93. The first-order valence-corrected chi connectivity index (χ1v) is 7.95. The molecule has 0 spiro atoms. The quantitative estimate of drug-likeness (QED) is 0.508. The molecule has 0 fully saturated rings. The van der Waals surface area contributed by atoms with E-state index in [9.17, 15) is 8.42 Å².